The van der Waals surface area contributed by atoms with E-state index >= 15 is 0 Å². The van der Waals surface area contributed by atoms with Crippen LogP contribution in [0.1, 0.15) is 24.2 Å². The lowest BCUT2D eigenvalue weighted by Gasteiger charge is -2.09. The molecule has 10 heteroatoms. The number of aromatic nitrogens is 3. The van der Waals surface area contributed by atoms with Crippen molar-refractivity contribution in [1.82, 2.24) is 15.2 Å². The van der Waals surface area contributed by atoms with Crippen LogP contribution in [0, 0.1) is 5.92 Å². The third-order valence-corrected chi connectivity index (χ3v) is 3.91. The van der Waals surface area contributed by atoms with Gasteiger partial charge in [-0.3, -0.25) is 14.6 Å². The predicted molar refractivity (Wildman–Crippen MR) is 96.4 cm³/mol. The first-order valence-electron chi connectivity index (χ1n) is 7.74. The van der Waals surface area contributed by atoms with Crippen LogP contribution in [-0.2, 0) is 9.53 Å². The van der Waals surface area contributed by atoms with Crippen molar-refractivity contribution in [3.05, 3.63) is 50.7 Å². The summed E-state index contributed by atoms with van der Waals surface area (Å²) in [6.07, 6.45) is 0. The van der Waals surface area contributed by atoms with Crippen molar-refractivity contribution in [2.24, 2.45) is 5.92 Å². The zero-order valence-electron chi connectivity index (χ0n) is 14.2. The van der Waals surface area contributed by atoms with E-state index in [1.165, 1.54) is 6.07 Å². The smallest absolute Gasteiger partial charge is 0.342 e. The fourth-order valence-electron chi connectivity index (χ4n) is 1.82. The number of rotatable bonds is 7. The first kappa shape index (κ1) is 19.4. The van der Waals surface area contributed by atoms with Crippen LogP contribution in [0.4, 0.5) is 5.69 Å². The minimum Gasteiger partial charge on any atom is -0.462 e. The minimum absolute atomic E-state index is 0.0224. The second-order valence-corrected chi connectivity index (χ2v) is 6.69. The number of amides is 1. The van der Waals surface area contributed by atoms with Gasteiger partial charge < -0.3 is 10.1 Å². The molecule has 3 N–H and O–H groups in total. The quantitative estimate of drug-likeness (QED) is 0.483. The Morgan fingerprint density at radius 1 is 1.31 bits per heavy atom. The molecule has 0 aliphatic heterocycles. The summed E-state index contributed by atoms with van der Waals surface area (Å²) in [5.74, 6) is -0.726. The predicted octanol–water partition coefficient (Wildman–Crippen LogP) is 1.00. The largest absolute Gasteiger partial charge is 0.462 e. The molecule has 1 aromatic carbocycles. The molecule has 0 aliphatic carbocycles. The van der Waals surface area contributed by atoms with Crippen LogP contribution in [-0.4, -0.2) is 39.4 Å². The van der Waals surface area contributed by atoms with E-state index in [4.69, 9.17) is 4.74 Å². The van der Waals surface area contributed by atoms with Crippen LogP contribution >= 0.6 is 11.8 Å². The number of hydrogen-bond acceptors (Lipinski definition) is 7. The third-order valence-electron chi connectivity index (χ3n) is 2.95. The molecule has 0 unspecified atom stereocenters. The van der Waals surface area contributed by atoms with Crippen LogP contribution in [0.25, 0.3) is 0 Å². The lowest BCUT2D eigenvalue weighted by molar-refractivity contribution is -0.113. The Kier molecular flexibility index (Phi) is 6.73. The zero-order valence-corrected chi connectivity index (χ0v) is 15.0. The highest BCUT2D eigenvalue weighted by Crippen LogP contribution is 2.14. The van der Waals surface area contributed by atoms with Gasteiger partial charge in [0.05, 0.1) is 17.9 Å². The Morgan fingerprint density at radius 3 is 2.77 bits per heavy atom. The van der Waals surface area contributed by atoms with Gasteiger partial charge in [-0.25, -0.2) is 14.7 Å². The summed E-state index contributed by atoms with van der Waals surface area (Å²) in [6.45, 7) is 4.18. The Balaban J connectivity index is 1.94. The van der Waals surface area contributed by atoms with Gasteiger partial charge in [-0.15, -0.1) is 0 Å². The molecule has 2 rings (SSSR count). The van der Waals surface area contributed by atoms with Crippen molar-refractivity contribution in [2.75, 3.05) is 17.7 Å². The molecular weight excluding hydrogens is 360 g/mol. The van der Waals surface area contributed by atoms with E-state index in [1.54, 1.807) is 18.2 Å². The summed E-state index contributed by atoms with van der Waals surface area (Å²) in [5, 5.41) is 8.26. The number of anilines is 1. The van der Waals surface area contributed by atoms with Crippen molar-refractivity contribution in [2.45, 2.75) is 18.9 Å². The molecule has 138 valence electrons. The van der Waals surface area contributed by atoms with Gasteiger partial charge >= 0.3 is 11.7 Å². The third kappa shape index (κ3) is 5.88. The van der Waals surface area contributed by atoms with E-state index in [2.05, 4.69) is 15.5 Å². The van der Waals surface area contributed by atoms with E-state index in [0.717, 1.165) is 11.8 Å². The number of H-pyrrole nitrogens is 2. The van der Waals surface area contributed by atoms with Gasteiger partial charge in [0.25, 0.3) is 5.56 Å². The van der Waals surface area contributed by atoms with Gasteiger partial charge in [0.15, 0.2) is 5.03 Å². The topological polar surface area (TPSA) is 134 Å². The summed E-state index contributed by atoms with van der Waals surface area (Å²) < 4.78 is 5.15. The lowest BCUT2D eigenvalue weighted by Crippen LogP contribution is -2.25. The molecule has 26 heavy (non-hydrogen) atoms. The van der Waals surface area contributed by atoms with Gasteiger partial charge in [-0.05, 0) is 24.1 Å². The number of thioether (sulfide) groups is 1. The summed E-state index contributed by atoms with van der Waals surface area (Å²) >= 11 is 0.876. The molecule has 0 saturated heterocycles. The van der Waals surface area contributed by atoms with Crippen LogP contribution in [0.2, 0.25) is 0 Å². The highest BCUT2D eigenvalue weighted by Gasteiger charge is 2.11. The number of nitrogens with one attached hydrogen (secondary N) is 3. The van der Waals surface area contributed by atoms with Crippen LogP contribution in [0.15, 0.2) is 38.9 Å². The van der Waals surface area contributed by atoms with Crippen molar-refractivity contribution in [3.63, 3.8) is 0 Å². The van der Waals surface area contributed by atoms with Gasteiger partial charge in [0, 0.05) is 5.69 Å². The molecule has 0 aliphatic rings. The van der Waals surface area contributed by atoms with Crippen molar-refractivity contribution in [3.8, 4) is 0 Å². The fourth-order valence-corrected chi connectivity index (χ4v) is 2.45. The number of esters is 1. The first-order valence-corrected chi connectivity index (χ1v) is 8.72. The number of benzene rings is 1. The average Bonchev–Trinajstić information content (AvgIpc) is 2.59. The Bertz CT molecular complexity index is 906. The fraction of sp³-hybridized carbons (Fsp3) is 0.312. The van der Waals surface area contributed by atoms with E-state index in [-0.39, 0.29) is 16.7 Å². The van der Waals surface area contributed by atoms with Crippen molar-refractivity contribution >= 4 is 29.3 Å². The van der Waals surface area contributed by atoms with E-state index < -0.39 is 23.1 Å². The van der Waals surface area contributed by atoms with Gasteiger partial charge in [0.2, 0.25) is 5.91 Å². The first-order chi connectivity index (χ1) is 12.3. The lowest BCUT2D eigenvalue weighted by atomic mass is 10.2. The number of aromatic amines is 2. The molecule has 0 radical (unpaired) electrons. The van der Waals surface area contributed by atoms with Crippen LogP contribution < -0.4 is 16.6 Å². The van der Waals surface area contributed by atoms with Gasteiger partial charge in [-0.2, -0.15) is 5.10 Å². The highest BCUT2D eigenvalue weighted by molar-refractivity contribution is 7.99. The van der Waals surface area contributed by atoms with E-state index in [0.29, 0.717) is 17.9 Å². The maximum atomic E-state index is 12.0. The number of hydrogen-bond donors (Lipinski definition) is 3. The van der Waals surface area contributed by atoms with E-state index in [9.17, 15) is 19.2 Å². The van der Waals surface area contributed by atoms with Gasteiger partial charge in [-0.1, -0.05) is 31.7 Å². The maximum Gasteiger partial charge on any atom is 0.342 e. The average molecular weight is 378 g/mol. The Morgan fingerprint density at radius 2 is 2.08 bits per heavy atom. The molecular formula is C16H18N4O5S. The molecule has 9 nitrogen and oxygen atoms in total. The minimum atomic E-state index is -0.718. The molecule has 0 bridgehead atoms. The SMILES string of the molecule is CC(C)COC(=O)c1cccc(NC(=O)CSc2n[nH]c(=O)[nH]c2=O)c1. The molecule has 1 amide bonds. The molecule has 0 saturated carbocycles. The second-order valence-electron chi connectivity index (χ2n) is 5.72. The van der Waals surface area contributed by atoms with Crippen LogP contribution in [0.5, 0.6) is 0 Å². The maximum absolute atomic E-state index is 12.0. The normalized spacial score (nSPS) is 10.6. The molecule has 1 heterocycles. The number of carbonyl (C=O) groups excluding carboxylic acids is 2. The summed E-state index contributed by atoms with van der Waals surface area (Å²) in [4.78, 5) is 48.4. The van der Waals surface area contributed by atoms with Crippen LogP contribution in [0.3, 0.4) is 0 Å². The Labute approximate surface area is 152 Å². The number of ether oxygens (including phenoxy) is 1. The monoisotopic (exact) mass is 378 g/mol. The molecule has 0 fully saturated rings. The molecule has 0 atom stereocenters. The van der Waals surface area contributed by atoms with E-state index in [1.807, 2.05) is 18.8 Å². The van der Waals surface area contributed by atoms with Gasteiger partial charge in [0.1, 0.15) is 0 Å². The summed E-state index contributed by atoms with van der Waals surface area (Å²) in [5.41, 5.74) is -0.626. The Hall–Kier alpha value is -2.88. The van der Waals surface area contributed by atoms with Crippen molar-refractivity contribution in [1.29, 1.82) is 0 Å². The summed E-state index contributed by atoms with van der Waals surface area (Å²) in [6, 6.07) is 6.36. The molecule has 0 spiro atoms. The molecule has 2 aromatic rings. The van der Waals surface area contributed by atoms with Crippen molar-refractivity contribution < 1.29 is 14.3 Å². The standard InChI is InChI=1S/C16H18N4O5S/c1-9(2)7-25-15(23)10-4-3-5-11(6-10)17-12(21)8-26-14-13(22)18-16(24)20-19-14/h3-6,9H,7-8H2,1-2H3,(H,17,21)(H2,18,20,22,24). The number of nitrogens with zero attached hydrogens (tertiary/aromatic N) is 1. The number of carbonyl (C=O) groups is 2. The highest BCUT2D eigenvalue weighted by atomic mass is 32.2. The second kappa shape index (κ2) is 8.99. The zero-order chi connectivity index (χ0) is 19.1. The summed E-state index contributed by atoms with van der Waals surface area (Å²) in [7, 11) is 0. The molecule has 1 aromatic heterocycles.